The predicted molar refractivity (Wildman–Crippen MR) is 147 cm³/mol. The third-order valence-corrected chi connectivity index (χ3v) is 7.63. The van der Waals surface area contributed by atoms with Gasteiger partial charge in [-0.15, -0.1) is 11.8 Å². The molecule has 6 heteroatoms. The van der Waals surface area contributed by atoms with Crippen LogP contribution in [-0.2, 0) is 6.42 Å². The van der Waals surface area contributed by atoms with Crippen molar-refractivity contribution < 1.29 is 24.3 Å². The number of fused-ring (bicyclic) bond motifs is 4. The molecule has 38 heavy (non-hydrogen) atoms. The molecule has 0 aliphatic heterocycles. The molecule has 2 aliphatic rings. The number of rotatable bonds is 4. The molecular formula is C32H24O5S. The first-order chi connectivity index (χ1) is 18.4. The molecule has 4 aromatic rings. The maximum Gasteiger partial charge on any atom is 0.194 e. The summed E-state index contributed by atoms with van der Waals surface area (Å²) in [6.07, 6.45) is 0.858. The largest absolute Gasteiger partial charge is 0.396 e. The third kappa shape index (κ3) is 4.53. The van der Waals surface area contributed by atoms with E-state index < -0.39 is 0 Å². The van der Waals surface area contributed by atoms with Crippen molar-refractivity contribution >= 4 is 34.9 Å². The molecule has 0 saturated heterocycles. The van der Waals surface area contributed by atoms with Crippen molar-refractivity contribution in [2.45, 2.75) is 18.2 Å². The number of aryl methyl sites for hydroxylation is 1. The highest BCUT2D eigenvalue weighted by molar-refractivity contribution is 7.99. The van der Waals surface area contributed by atoms with Gasteiger partial charge in [0.2, 0.25) is 0 Å². The van der Waals surface area contributed by atoms with Gasteiger partial charge >= 0.3 is 0 Å². The van der Waals surface area contributed by atoms with Gasteiger partial charge in [-0.3, -0.25) is 19.2 Å². The fourth-order valence-electron chi connectivity index (χ4n) is 4.70. The van der Waals surface area contributed by atoms with Crippen LogP contribution in [0.25, 0.3) is 0 Å². The lowest BCUT2D eigenvalue weighted by atomic mass is 9.83. The summed E-state index contributed by atoms with van der Waals surface area (Å²) < 4.78 is 0. The molecule has 6 rings (SSSR count). The van der Waals surface area contributed by atoms with Gasteiger partial charge in [0.1, 0.15) is 0 Å². The van der Waals surface area contributed by atoms with E-state index in [-0.39, 0.29) is 29.7 Å². The lowest BCUT2D eigenvalue weighted by Gasteiger charge is -2.17. The zero-order valence-electron chi connectivity index (χ0n) is 20.7. The molecule has 1 N–H and O–H groups in total. The minimum Gasteiger partial charge on any atom is -0.396 e. The molecule has 0 heterocycles. The molecule has 5 nitrogen and oxygen atoms in total. The summed E-state index contributed by atoms with van der Waals surface area (Å²) in [6, 6.07) is 24.7. The molecule has 188 valence electrons. The van der Waals surface area contributed by atoms with Gasteiger partial charge in [-0.1, -0.05) is 67.6 Å². The van der Waals surface area contributed by atoms with Crippen LogP contribution in [0, 0.1) is 0 Å². The molecule has 0 unspecified atom stereocenters. The summed E-state index contributed by atoms with van der Waals surface area (Å²) in [6.45, 7) is 2.11. The van der Waals surface area contributed by atoms with Crippen LogP contribution in [0.3, 0.4) is 0 Å². The normalized spacial score (nSPS) is 13.1. The minimum atomic E-state index is -0.110. The van der Waals surface area contributed by atoms with Gasteiger partial charge in [-0.2, -0.15) is 0 Å². The predicted octanol–water partition coefficient (Wildman–Crippen LogP) is 5.57. The Labute approximate surface area is 224 Å². The molecule has 0 fully saturated rings. The Morgan fingerprint density at radius 2 is 0.974 bits per heavy atom. The van der Waals surface area contributed by atoms with Crippen molar-refractivity contribution in [3.05, 3.63) is 135 Å². The Morgan fingerprint density at radius 3 is 1.45 bits per heavy atom. The maximum absolute atomic E-state index is 12.5. The van der Waals surface area contributed by atoms with Gasteiger partial charge in [0.15, 0.2) is 23.1 Å². The Kier molecular flexibility index (Phi) is 7.18. The first kappa shape index (κ1) is 25.5. The topological polar surface area (TPSA) is 88.5 Å². The van der Waals surface area contributed by atoms with Crippen molar-refractivity contribution in [2.24, 2.45) is 0 Å². The second-order valence-electron chi connectivity index (χ2n) is 8.92. The second-order valence-corrected chi connectivity index (χ2v) is 10.1. The molecule has 0 bridgehead atoms. The Morgan fingerprint density at radius 1 is 0.553 bits per heavy atom. The molecule has 0 saturated carbocycles. The van der Waals surface area contributed by atoms with Crippen molar-refractivity contribution in [3.8, 4) is 0 Å². The van der Waals surface area contributed by atoms with Crippen LogP contribution in [0.2, 0.25) is 0 Å². The van der Waals surface area contributed by atoms with Crippen LogP contribution in [0.5, 0.6) is 0 Å². The monoisotopic (exact) mass is 520 g/mol. The average molecular weight is 521 g/mol. The number of aliphatic hydroxyl groups is 1. The molecule has 2 aliphatic carbocycles. The van der Waals surface area contributed by atoms with E-state index in [2.05, 4.69) is 0 Å². The summed E-state index contributed by atoms with van der Waals surface area (Å²) in [4.78, 5) is 50.4. The SMILES string of the molecule is CCc1ccc2c(c1)C(=O)c1ccccc1C2=O.O=C1c2ccccc2C(=O)c2cc(SCCO)ccc21. The van der Waals surface area contributed by atoms with Crippen molar-refractivity contribution in [1.82, 2.24) is 0 Å². The van der Waals surface area contributed by atoms with Crippen LogP contribution in [0.4, 0.5) is 0 Å². The van der Waals surface area contributed by atoms with Gasteiger partial charge in [-0.25, -0.2) is 0 Å². The highest BCUT2D eigenvalue weighted by Gasteiger charge is 2.30. The highest BCUT2D eigenvalue weighted by atomic mass is 32.2. The molecule has 0 spiro atoms. The molecular weight excluding hydrogens is 496 g/mol. The molecule has 0 radical (unpaired) electrons. The van der Waals surface area contributed by atoms with Gasteiger partial charge in [0.25, 0.3) is 0 Å². The maximum atomic E-state index is 12.5. The van der Waals surface area contributed by atoms with Crippen LogP contribution in [0.1, 0.15) is 76.2 Å². The second kappa shape index (κ2) is 10.7. The quantitative estimate of drug-likeness (QED) is 0.306. The summed E-state index contributed by atoms with van der Waals surface area (Å²) in [7, 11) is 0. The summed E-state index contributed by atoms with van der Waals surface area (Å²) in [5.74, 6) is 0.256. The van der Waals surface area contributed by atoms with E-state index in [1.54, 1.807) is 66.7 Å². The van der Waals surface area contributed by atoms with Crippen LogP contribution in [0.15, 0.2) is 89.8 Å². The smallest absolute Gasteiger partial charge is 0.194 e. The number of aliphatic hydroxyl groups excluding tert-OH is 1. The van der Waals surface area contributed by atoms with Crippen LogP contribution >= 0.6 is 11.8 Å². The molecule has 0 aromatic heterocycles. The summed E-state index contributed by atoms with van der Waals surface area (Å²) in [5.41, 5.74) is 5.03. The van der Waals surface area contributed by atoms with E-state index in [1.165, 1.54) is 11.8 Å². The number of carbonyl (C=O) groups is 4. The number of benzene rings is 4. The van der Waals surface area contributed by atoms with Crippen molar-refractivity contribution in [2.75, 3.05) is 12.4 Å². The highest BCUT2D eigenvalue weighted by Crippen LogP contribution is 2.31. The standard InChI is InChI=1S/C16H12O3S.C16H12O2/c17-7-8-20-10-5-6-13-14(9-10)16(19)12-4-2-1-3-11(12)15(13)18;1-2-10-7-8-13-14(9-10)16(18)12-6-4-3-5-11(12)15(13)17/h1-6,9,17H,7-8H2;3-9H,2H2,1H3. The third-order valence-electron chi connectivity index (χ3n) is 6.65. The number of hydrogen-bond acceptors (Lipinski definition) is 6. The van der Waals surface area contributed by atoms with E-state index in [1.807, 2.05) is 25.1 Å². The van der Waals surface area contributed by atoms with Gasteiger partial charge < -0.3 is 5.11 Å². The molecule has 0 atom stereocenters. The van der Waals surface area contributed by atoms with Crippen molar-refractivity contribution in [1.29, 1.82) is 0 Å². The number of hydrogen-bond donors (Lipinski definition) is 1. The van der Waals surface area contributed by atoms with E-state index >= 15 is 0 Å². The fraction of sp³-hybridized carbons (Fsp3) is 0.125. The Balaban J connectivity index is 0.000000156. The first-order valence-electron chi connectivity index (χ1n) is 12.3. The number of ketones is 4. The van der Waals surface area contributed by atoms with E-state index in [9.17, 15) is 19.2 Å². The van der Waals surface area contributed by atoms with Crippen LogP contribution in [-0.4, -0.2) is 40.6 Å². The van der Waals surface area contributed by atoms with Gasteiger partial charge in [0.05, 0.1) is 6.61 Å². The first-order valence-corrected chi connectivity index (χ1v) is 13.3. The van der Waals surface area contributed by atoms with Gasteiger partial charge in [-0.05, 0) is 36.2 Å². The van der Waals surface area contributed by atoms with E-state index in [4.69, 9.17) is 5.11 Å². The van der Waals surface area contributed by atoms with E-state index in [0.29, 0.717) is 50.3 Å². The molecule has 4 aromatic carbocycles. The lowest BCUT2D eigenvalue weighted by molar-refractivity contribution is 0.0979. The zero-order chi connectivity index (χ0) is 26.8. The fourth-order valence-corrected chi connectivity index (χ4v) is 5.39. The Bertz CT molecular complexity index is 1620. The van der Waals surface area contributed by atoms with E-state index in [0.717, 1.165) is 16.9 Å². The summed E-state index contributed by atoms with van der Waals surface area (Å²) in [5, 5.41) is 8.85. The minimum absolute atomic E-state index is 0.0458. The lowest BCUT2D eigenvalue weighted by Crippen LogP contribution is -2.20. The summed E-state index contributed by atoms with van der Waals surface area (Å²) >= 11 is 1.46. The number of carbonyl (C=O) groups excluding carboxylic acids is 4. The van der Waals surface area contributed by atoms with Crippen LogP contribution < -0.4 is 0 Å². The Hall–Kier alpha value is -4.13. The number of thioether (sulfide) groups is 1. The van der Waals surface area contributed by atoms with Crippen molar-refractivity contribution in [3.63, 3.8) is 0 Å². The van der Waals surface area contributed by atoms with Gasteiger partial charge in [0, 0.05) is 55.2 Å². The zero-order valence-corrected chi connectivity index (χ0v) is 21.5. The average Bonchev–Trinajstić information content (AvgIpc) is 2.97. The molecule has 0 amide bonds.